The molecule has 2 atom stereocenters. The van der Waals surface area contributed by atoms with Crippen LogP contribution in [0.15, 0.2) is 17.1 Å². The van der Waals surface area contributed by atoms with Crippen LogP contribution in [0.5, 0.6) is 0 Å². The van der Waals surface area contributed by atoms with Crippen molar-refractivity contribution < 1.29 is 4.74 Å². The van der Waals surface area contributed by atoms with Gasteiger partial charge >= 0.3 is 0 Å². The van der Waals surface area contributed by atoms with Crippen molar-refractivity contribution in [3.05, 3.63) is 28.2 Å². The van der Waals surface area contributed by atoms with Gasteiger partial charge in [-0.2, -0.15) is 4.98 Å². The highest BCUT2D eigenvalue weighted by molar-refractivity contribution is 7.95. The first-order valence-electron chi connectivity index (χ1n) is 12.1. The summed E-state index contributed by atoms with van der Waals surface area (Å²) in [6, 6.07) is 2.47. The van der Waals surface area contributed by atoms with Gasteiger partial charge in [0.2, 0.25) is 5.95 Å². The first-order chi connectivity index (χ1) is 15.8. The van der Waals surface area contributed by atoms with E-state index in [4.69, 9.17) is 9.72 Å². The molecule has 8 nitrogen and oxygen atoms in total. The van der Waals surface area contributed by atoms with Gasteiger partial charge in [0, 0.05) is 68.1 Å². The molecule has 2 aromatic heterocycles. The molecule has 0 aromatic carbocycles. The molecule has 2 unspecified atom stereocenters. The standard InChI is InChI=1S/C24H38N6O2S/c1-16-7-6-8-20(16)30-21-18(13-17(2)22(30)31)14-25-23(28-21)27-19-9-11-29(12-10-19)33-26-15-24(3,4)32-5/h13-14,16,19-20,26H,6-12,15H2,1-5H3,(H,25,27,28). The molecule has 1 aliphatic carbocycles. The van der Waals surface area contributed by atoms with Gasteiger partial charge in [0.25, 0.3) is 5.56 Å². The number of aromatic nitrogens is 3. The zero-order valence-corrected chi connectivity index (χ0v) is 21.4. The first-order valence-corrected chi connectivity index (χ1v) is 12.9. The zero-order valence-electron chi connectivity index (χ0n) is 20.6. The average molecular weight is 475 g/mol. The van der Waals surface area contributed by atoms with Gasteiger partial charge < -0.3 is 10.1 Å². The topological polar surface area (TPSA) is 84.3 Å². The molecule has 9 heteroatoms. The van der Waals surface area contributed by atoms with Crippen LogP contribution in [0.1, 0.15) is 64.5 Å². The molecule has 0 amide bonds. The normalized spacial score (nSPS) is 22.8. The molecule has 2 aliphatic rings. The molecule has 33 heavy (non-hydrogen) atoms. The summed E-state index contributed by atoms with van der Waals surface area (Å²) >= 11 is 1.68. The molecule has 2 aromatic rings. The SMILES string of the molecule is COC(C)(C)CNSN1CCC(Nc2ncc3cc(C)c(=O)n(C4CCCC4C)c3n2)CC1. The van der Waals surface area contributed by atoms with E-state index in [0.717, 1.165) is 68.3 Å². The van der Waals surface area contributed by atoms with Crippen LogP contribution in [0.4, 0.5) is 5.95 Å². The van der Waals surface area contributed by atoms with Crippen LogP contribution < -0.4 is 15.6 Å². The Morgan fingerprint density at radius 3 is 2.67 bits per heavy atom. The molecular weight excluding hydrogens is 436 g/mol. The van der Waals surface area contributed by atoms with Crippen LogP contribution in [0.25, 0.3) is 11.0 Å². The number of hydrogen-bond donors (Lipinski definition) is 2. The molecule has 0 spiro atoms. The maximum atomic E-state index is 13.1. The molecular formula is C24H38N6O2S. The lowest BCUT2D eigenvalue weighted by Crippen LogP contribution is -2.40. The van der Waals surface area contributed by atoms with Crippen LogP contribution in [0.3, 0.4) is 0 Å². The number of hydrogen-bond acceptors (Lipinski definition) is 8. The summed E-state index contributed by atoms with van der Waals surface area (Å²) in [4.78, 5) is 22.5. The fourth-order valence-corrected chi connectivity index (χ4v) is 5.78. The minimum atomic E-state index is -0.171. The van der Waals surface area contributed by atoms with Crippen molar-refractivity contribution in [3.63, 3.8) is 0 Å². The Kier molecular flexibility index (Phi) is 7.63. The van der Waals surface area contributed by atoms with E-state index in [1.165, 1.54) is 0 Å². The highest BCUT2D eigenvalue weighted by Gasteiger charge is 2.28. The fraction of sp³-hybridized carbons (Fsp3) is 0.708. The number of piperidine rings is 1. The predicted molar refractivity (Wildman–Crippen MR) is 135 cm³/mol. The number of ether oxygens (including phenoxy) is 1. The maximum absolute atomic E-state index is 13.1. The summed E-state index contributed by atoms with van der Waals surface area (Å²) in [5.74, 6) is 1.11. The Morgan fingerprint density at radius 1 is 1.24 bits per heavy atom. The first kappa shape index (κ1) is 24.4. The number of methoxy groups -OCH3 is 1. The number of nitrogens with zero attached hydrogens (tertiary/aromatic N) is 4. The van der Waals surface area contributed by atoms with E-state index < -0.39 is 0 Å². The minimum absolute atomic E-state index is 0.0837. The van der Waals surface area contributed by atoms with E-state index in [9.17, 15) is 4.79 Å². The van der Waals surface area contributed by atoms with E-state index in [-0.39, 0.29) is 17.2 Å². The summed E-state index contributed by atoms with van der Waals surface area (Å²) in [7, 11) is 1.74. The molecule has 1 aliphatic heterocycles. The van der Waals surface area contributed by atoms with Crippen molar-refractivity contribution in [2.24, 2.45) is 5.92 Å². The van der Waals surface area contributed by atoms with Crippen molar-refractivity contribution in [1.82, 2.24) is 23.6 Å². The number of pyridine rings is 1. The molecule has 3 heterocycles. The van der Waals surface area contributed by atoms with Gasteiger partial charge in [-0.05, 0) is 58.4 Å². The molecule has 1 saturated carbocycles. The van der Waals surface area contributed by atoms with Crippen LogP contribution in [0.2, 0.25) is 0 Å². The van der Waals surface area contributed by atoms with Gasteiger partial charge in [0.05, 0.1) is 5.60 Å². The second kappa shape index (κ2) is 10.3. The van der Waals surface area contributed by atoms with E-state index >= 15 is 0 Å². The van der Waals surface area contributed by atoms with Crippen molar-refractivity contribution in [2.45, 2.75) is 77.5 Å². The van der Waals surface area contributed by atoms with E-state index in [0.29, 0.717) is 17.9 Å². The lowest BCUT2D eigenvalue weighted by Gasteiger charge is -2.32. The summed E-state index contributed by atoms with van der Waals surface area (Å²) in [6.07, 6.45) is 7.27. The second-order valence-electron chi connectivity index (χ2n) is 10.2. The van der Waals surface area contributed by atoms with Gasteiger partial charge in [0.1, 0.15) is 5.65 Å². The fourth-order valence-electron chi connectivity index (χ4n) is 4.79. The number of nitrogens with one attached hydrogen (secondary N) is 2. The van der Waals surface area contributed by atoms with E-state index in [1.54, 1.807) is 19.2 Å². The smallest absolute Gasteiger partial charge is 0.255 e. The maximum Gasteiger partial charge on any atom is 0.255 e. The van der Waals surface area contributed by atoms with Crippen LogP contribution in [-0.2, 0) is 4.74 Å². The number of aryl methyl sites for hydroxylation is 1. The Balaban J connectivity index is 1.42. The highest BCUT2D eigenvalue weighted by atomic mass is 32.2. The lowest BCUT2D eigenvalue weighted by molar-refractivity contribution is 0.0280. The van der Waals surface area contributed by atoms with Gasteiger partial charge in [0.15, 0.2) is 0 Å². The molecule has 0 bridgehead atoms. The van der Waals surface area contributed by atoms with Crippen LogP contribution >= 0.6 is 12.1 Å². The molecule has 0 radical (unpaired) electrons. The summed E-state index contributed by atoms with van der Waals surface area (Å²) in [6.45, 7) is 11.1. The molecule has 1 saturated heterocycles. The van der Waals surface area contributed by atoms with Crippen molar-refractivity contribution in [3.8, 4) is 0 Å². The van der Waals surface area contributed by atoms with Gasteiger partial charge in [-0.1, -0.05) is 13.3 Å². The average Bonchev–Trinajstić information content (AvgIpc) is 3.21. The third kappa shape index (κ3) is 5.70. The van der Waals surface area contributed by atoms with E-state index in [2.05, 4.69) is 40.1 Å². The van der Waals surface area contributed by atoms with Gasteiger partial charge in [-0.3, -0.25) is 9.36 Å². The number of fused-ring (bicyclic) bond motifs is 1. The Bertz CT molecular complexity index is 1020. The largest absolute Gasteiger partial charge is 0.377 e. The van der Waals surface area contributed by atoms with E-state index in [1.807, 2.05) is 23.8 Å². The second-order valence-corrected chi connectivity index (χ2v) is 11.2. The third-order valence-corrected chi connectivity index (χ3v) is 8.03. The predicted octanol–water partition coefficient (Wildman–Crippen LogP) is 3.92. The highest BCUT2D eigenvalue weighted by Crippen LogP contribution is 2.36. The lowest BCUT2D eigenvalue weighted by atomic mass is 10.1. The van der Waals surface area contributed by atoms with Crippen molar-refractivity contribution in [2.75, 3.05) is 32.1 Å². The number of anilines is 1. The molecule has 2 N–H and O–H groups in total. The Morgan fingerprint density at radius 2 is 2.00 bits per heavy atom. The van der Waals surface area contributed by atoms with Crippen molar-refractivity contribution >= 4 is 29.1 Å². The Hall–Kier alpha value is -1.68. The summed E-state index contributed by atoms with van der Waals surface area (Å²) in [5.41, 5.74) is 1.44. The molecule has 4 rings (SSSR count). The van der Waals surface area contributed by atoms with Crippen molar-refractivity contribution in [1.29, 1.82) is 0 Å². The van der Waals surface area contributed by atoms with Gasteiger partial charge in [-0.25, -0.2) is 14.0 Å². The van der Waals surface area contributed by atoms with Crippen LogP contribution in [-0.4, -0.2) is 57.2 Å². The number of rotatable bonds is 8. The minimum Gasteiger partial charge on any atom is -0.377 e. The summed E-state index contributed by atoms with van der Waals surface area (Å²) < 4.78 is 13.2. The monoisotopic (exact) mass is 474 g/mol. The third-order valence-electron chi connectivity index (χ3n) is 7.13. The molecule has 182 valence electrons. The zero-order chi connectivity index (χ0) is 23.6. The Labute approximate surface area is 201 Å². The quantitative estimate of drug-likeness (QED) is 0.557. The summed E-state index contributed by atoms with van der Waals surface area (Å²) in [5, 5.41) is 4.47. The van der Waals surface area contributed by atoms with Crippen LogP contribution in [0, 0.1) is 12.8 Å². The van der Waals surface area contributed by atoms with Gasteiger partial charge in [-0.15, -0.1) is 0 Å². The molecule has 2 fully saturated rings.